The molecule has 0 heterocycles. The molecule has 2 aromatic carbocycles. The SMILES string of the molecule is CC[C@@H](C(=O)NC(C)C)N(Cc1ccc(OC)cc1)C(=O)CN(C)S(=O)(=O)c1ccc(Cl)cc1. The predicted molar refractivity (Wildman–Crippen MR) is 132 cm³/mol. The van der Waals surface area contributed by atoms with Crippen molar-refractivity contribution in [1.29, 1.82) is 0 Å². The number of benzene rings is 2. The average Bonchev–Trinajstić information content (AvgIpc) is 2.79. The van der Waals surface area contributed by atoms with Crippen LogP contribution in [0.4, 0.5) is 0 Å². The first kappa shape index (κ1) is 27.6. The molecule has 0 saturated heterocycles. The Kier molecular flexibility index (Phi) is 9.90. The van der Waals surface area contributed by atoms with Gasteiger partial charge in [-0.05, 0) is 62.2 Å². The normalized spacial score (nSPS) is 12.5. The minimum absolute atomic E-state index is 0.0264. The number of carbonyl (C=O) groups excluding carboxylic acids is 2. The molecule has 34 heavy (non-hydrogen) atoms. The first-order valence-corrected chi connectivity index (χ1v) is 12.8. The second kappa shape index (κ2) is 12.2. The third-order valence-electron chi connectivity index (χ3n) is 5.21. The number of nitrogens with zero attached hydrogens (tertiary/aromatic N) is 2. The number of hydrogen-bond donors (Lipinski definition) is 1. The zero-order chi connectivity index (χ0) is 25.5. The van der Waals surface area contributed by atoms with Crippen LogP contribution in [0.15, 0.2) is 53.4 Å². The van der Waals surface area contributed by atoms with Gasteiger partial charge < -0.3 is 15.0 Å². The molecule has 1 N–H and O–H groups in total. The third kappa shape index (κ3) is 7.19. The van der Waals surface area contributed by atoms with Crippen LogP contribution in [0.25, 0.3) is 0 Å². The molecular weight excluding hydrogens is 478 g/mol. The van der Waals surface area contributed by atoms with Crippen molar-refractivity contribution in [2.24, 2.45) is 0 Å². The second-order valence-corrected chi connectivity index (χ2v) is 10.7. The number of rotatable bonds is 11. The molecule has 0 fully saturated rings. The van der Waals surface area contributed by atoms with E-state index in [4.69, 9.17) is 16.3 Å². The number of carbonyl (C=O) groups is 2. The van der Waals surface area contributed by atoms with Gasteiger partial charge in [-0.25, -0.2) is 8.42 Å². The molecule has 0 radical (unpaired) electrons. The minimum atomic E-state index is -3.93. The van der Waals surface area contributed by atoms with Crippen molar-refractivity contribution < 1.29 is 22.7 Å². The van der Waals surface area contributed by atoms with E-state index in [9.17, 15) is 18.0 Å². The van der Waals surface area contributed by atoms with Crippen LogP contribution in [0.3, 0.4) is 0 Å². The quantitative estimate of drug-likeness (QED) is 0.501. The van der Waals surface area contributed by atoms with E-state index in [1.54, 1.807) is 31.4 Å². The molecule has 186 valence electrons. The maximum Gasteiger partial charge on any atom is 0.243 e. The van der Waals surface area contributed by atoms with E-state index in [2.05, 4.69) is 5.32 Å². The van der Waals surface area contributed by atoms with E-state index < -0.39 is 28.5 Å². The van der Waals surface area contributed by atoms with Crippen LogP contribution in [-0.2, 0) is 26.2 Å². The molecule has 2 amide bonds. The Morgan fingerprint density at radius 1 is 1.06 bits per heavy atom. The van der Waals surface area contributed by atoms with Gasteiger partial charge in [0.1, 0.15) is 11.8 Å². The van der Waals surface area contributed by atoms with E-state index in [1.165, 1.54) is 36.2 Å². The van der Waals surface area contributed by atoms with Crippen molar-refractivity contribution in [3.8, 4) is 5.75 Å². The van der Waals surface area contributed by atoms with E-state index in [-0.39, 0.29) is 23.4 Å². The van der Waals surface area contributed by atoms with E-state index in [0.29, 0.717) is 17.2 Å². The molecule has 2 rings (SSSR count). The van der Waals surface area contributed by atoms with Crippen molar-refractivity contribution in [3.05, 3.63) is 59.1 Å². The van der Waals surface area contributed by atoms with Crippen LogP contribution in [0.5, 0.6) is 5.75 Å². The lowest BCUT2D eigenvalue weighted by Gasteiger charge is -2.32. The summed E-state index contributed by atoms with van der Waals surface area (Å²) in [5.41, 5.74) is 0.785. The highest BCUT2D eigenvalue weighted by molar-refractivity contribution is 7.89. The molecule has 0 spiro atoms. The fourth-order valence-corrected chi connectivity index (χ4v) is 4.63. The van der Waals surface area contributed by atoms with Gasteiger partial charge in [0.2, 0.25) is 21.8 Å². The fraction of sp³-hybridized carbons (Fsp3) is 0.417. The summed E-state index contributed by atoms with van der Waals surface area (Å²) in [6, 6.07) is 12.0. The van der Waals surface area contributed by atoms with Crippen molar-refractivity contribution in [3.63, 3.8) is 0 Å². The molecular formula is C24H32ClN3O5S. The Labute approximate surface area is 206 Å². The van der Waals surface area contributed by atoms with Gasteiger partial charge in [0.25, 0.3) is 0 Å². The number of ether oxygens (including phenoxy) is 1. The summed E-state index contributed by atoms with van der Waals surface area (Å²) in [6.07, 6.45) is 0.369. The van der Waals surface area contributed by atoms with Gasteiger partial charge in [-0.3, -0.25) is 9.59 Å². The van der Waals surface area contributed by atoms with Crippen LogP contribution < -0.4 is 10.1 Å². The monoisotopic (exact) mass is 509 g/mol. The van der Waals surface area contributed by atoms with Gasteiger partial charge >= 0.3 is 0 Å². The van der Waals surface area contributed by atoms with E-state index in [0.717, 1.165) is 9.87 Å². The van der Waals surface area contributed by atoms with Gasteiger partial charge in [0.15, 0.2) is 0 Å². The third-order valence-corrected chi connectivity index (χ3v) is 7.28. The number of methoxy groups -OCH3 is 1. The number of amides is 2. The zero-order valence-corrected chi connectivity index (χ0v) is 21.7. The average molecular weight is 510 g/mol. The minimum Gasteiger partial charge on any atom is -0.497 e. The highest BCUT2D eigenvalue weighted by Crippen LogP contribution is 2.20. The summed E-state index contributed by atoms with van der Waals surface area (Å²) in [5, 5.41) is 3.26. The van der Waals surface area contributed by atoms with E-state index in [1.807, 2.05) is 20.8 Å². The molecule has 0 aromatic heterocycles. The van der Waals surface area contributed by atoms with Gasteiger partial charge in [-0.1, -0.05) is 30.7 Å². The van der Waals surface area contributed by atoms with Crippen LogP contribution in [0.1, 0.15) is 32.8 Å². The van der Waals surface area contributed by atoms with E-state index >= 15 is 0 Å². The lowest BCUT2D eigenvalue weighted by Crippen LogP contribution is -2.52. The molecule has 0 aliphatic carbocycles. The van der Waals surface area contributed by atoms with Gasteiger partial charge in [0, 0.05) is 24.7 Å². The summed E-state index contributed by atoms with van der Waals surface area (Å²) in [5.74, 6) is -0.107. The number of halogens is 1. The molecule has 0 unspecified atom stereocenters. The molecule has 10 heteroatoms. The topological polar surface area (TPSA) is 96.0 Å². The van der Waals surface area contributed by atoms with Crippen LogP contribution >= 0.6 is 11.6 Å². The highest BCUT2D eigenvalue weighted by Gasteiger charge is 2.32. The Morgan fingerprint density at radius 2 is 1.65 bits per heavy atom. The molecule has 8 nitrogen and oxygen atoms in total. The van der Waals surface area contributed by atoms with Crippen molar-refractivity contribution in [2.75, 3.05) is 20.7 Å². The summed E-state index contributed by atoms with van der Waals surface area (Å²) >= 11 is 5.86. The molecule has 2 aromatic rings. The number of nitrogens with one attached hydrogen (secondary N) is 1. The van der Waals surface area contributed by atoms with Crippen LogP contribution in [-0.4, -0.2) is 62.2 Å². The Bertz CT molecular complexity index is 1070. The second-order valence-electron chi connectivity index (χ2n) is 8.17. The predicted octanol–water partition coefficient (Wildman–Crippen LogP) is 3.30. The Balaban J connectivity index is 2.32. The first-order chi connectivity index (χ1) is 16.0. The molecule has 0 saturated carbocycles. The largest absolute Gasteiger partial charge is 0.497 e. The van der Waals surface area contributed by atoms with Crippen LogP contribution in [0, 0.1) is 0 Å². The zero-order valence-electron chi connectivity index (χ0n) is 20.1. The summed E-state index contributed by atoms with van der Waals surface area (Å²) in [6.45, 7) is 5.21. The molecule has 1 atom stereocenters. The lowest BCUT2D eigenvalue weighted by molar-refractivity contribution is -0.141. The molecule has 0 aliphatic rings. The van der Waals surface area contributed by atoms with Crippen molar-refractivity contribution >= 4 is 33.4 Å². The smallest absolute Gasteiger partial charge is 0.243 e. The summed E-state index contributed by atoms with van der Waals surface area (Å²) in [7, 11) is -1.03. The molecule has 0 aliphatic heterocycles. The Hall–Kier alpha value is -2.62. The van der Waals surface area contributed by atoms with Crippen molar-refractivity contribution in [2.45, 2.75) is 50.7 Å². The number of hydrogen-bond acceptors (Lipinski definition) is 5. The maximum atomic E-state index is 13.4. The molecule has 0 bridgehead atoms. The van der Waals surface area contributed by atoms with Gasteiger partial charge in [-0.15, -0.1) is 0 Å². The van der Waals surface area contributed by atoms with Crippen molar-refractivity contribution in [1.82, 2.24) is 14.5 Å². The Morgan fingerprint density at radius 3 is 2.15 bits per heavy atom. The fourth-order valence-electron chi connectivity index (χ4n) is 3.38. The van der Waals surface area contributed by atoms with Crippen LogP contribution in [0.2, 0.25) is 5.02 Å². The lowest BCUT2D eigenvalue weighted by atomic mass is 10.1. The van der Waals surface area contributed by atoms with Gasteiger partial charge in [-0.2, -0.15) is 4.31 Å². The summed E-state index contributed by atoms with van der Waals surface area (Å²) < 4.78 is 32.1. The summed E-state index contributed by atoms with van der Waals surface area (Å²) in [4.78, 5) is 27.7. The standard InChI is InChI=1S/C24H32ClN3O5S/c1-6-22(24(30)26-17(2)3)28(15-18-7-11-20(33-5)12-8-18)23(29)16-27(4)34(31,32)21-13-9-19(25)10-14-21/h7-14,17,22H,6,15-16H2,1-5H3,(H,26,30)/t22-/m0/s1. The highest BCUT2D eigenvalue weighted by atomic mass is 35.5. The first-order valence-electron chi connectivity index (χ1n) is 10.9. The number of likely N-dealkylation sites (N-methyl/N-ethyl adjacent to an activating group) is 1. The van der Waals surface area contributed by atoms with Gasteiger partial charge in [0.05, 0.1) is 18.6 Å². The maximum absolute atomic E-state index is 13.4. The number of sulfonamides is 1.